The summed E-state index contributed by atoms with van der Waals surface area (Å²) >= 11 is 2.94. The Morgan fingerprint density at radius 1 is 1.42 bits per heavy atom. The number of nitrogens with zero attached hydrogens (tertiary/aromatic N) is 1. The van der Waals surface area contributed by atoms with Crippen molar-refractivity contribution in [2.24, 2.45) is 0 Å². The largest absolute Gasteiger partial charge is 0.477 e. The van der Waals surface area contributed by atoms with Gasteiger partial charge in [0.25, 0.3) is 5.91 Å². The second kappa shape index (κ2) is 7.75. The maximum atomic E-state index is 12.4. The third-order valence-corrected chi connectivity index (χ3v) is 6.63. The predicted octanol–water partition coefficient (Wildman–Crippen LogP) is 0.697. The number of thioether (sulfide) groups is 2. The number of amides is 2. The molecule has 0 radical (unpaired) electrons. The quantitative estimate of drug-likeness (QED) is 0.497. The molecule has 0 saturated carbocycles. The smallest absolute Gasteiger partial charge is 0.352 e. The fourth-order valence-corrected chi connectivity index (χ4v) is 5.22. The normalized spacial score (nSPS) is 27.0. The third-order valence-electron chi connectivity index (χ3n) is 4.20. The topological polar surface area (TPSA) is 113 Å². The number of nitrogens with one attached hydrogen (secondary N) is 1. The highest BCUT2D eigenvalue weighted by Crippen LogP contribution is 2.40. The van der Waals surface area contributed by atoms with Crippen LogP contribution in [0.2, 0.25) is 0 Å². The number of carbonyl (C=O) groups is 4. The van der Waals surface area contributed by atoms with Crippen LogP contribution in [0.5, 0.6) is 0 Å². The first-order valence-electron chi connectivity index (χ1n) is 8.01. The molecule has 10 heteroatoms. The molecule has 0 aliphatic carbocycles. The Morgan fingerprint density at radius 3 is 2.81 bits per heavy atom. The SMILES string of the molecule is CC(=O)OCC1=C(C(=O)O)N2C(=O)[C@@H](NC(=O)CC3CC=CS3)[C@H]2SC1. The Bertz CT molecular complexity index is 712. The lowest BCUT2D eigenvalue weighted by molar-refractivity contribution is -0.151. The lowest BCUT2D eigenvalue weighted by Crippen LogP contribution is -2.70. The van der Waals surface area contributed by atoms with E-state index in [1.165, 1.54) is 23.6 Å². The summed E-state index contributed by atoms with van der Waals surface area (Å²) in [6.07, 6.45) is 3.15. The van der Waals surface area contributed by atoms with E-state index in [0.717, 1.165) is 6.42 Å². The van der Waals surface area contributed by atoms with Crippen LogP contribution < -0.4 is 5.32 Å². The number of rotatable bonds is 6. The number of ether oxygens (including phenoxy) is 1. The van der Waals surface area contributed by atoms with Crippen LogP contribution in [0, 0.1) is 0 Å². The summed E-state index contributed by atoms with van der Waals surface area (Å²) in [4.78, 5) is 48.4. The van der Waals surface area contributed by atoms with Crippen LogP contribution in [-0.2, 0) is 23.9 Å². The summed E-state index contributed by atoms with van der Waals surface area (Å²) < 4.78 is 4.88. The van der Waals surface area contributed by atoms with Gasteiger partial charge in [-0.1, -0.05) is 6.08 Å². The van der Waals surface area contributed by atoms with Gasteiger partial charge >= 0.3 is 11.9 Å². The molecule has 3 rings (SSSR count). The summed E-state index contributed by atoms with van der Waals surface area (Å²) in [5, 5.41) is 13.9. The van der Waals surface area contributed by atoms with Gasteiger partial charge in [-0.3, -0.25) is 19.3 Å². The first kappa shape index (κ1) is 18.8. The monoisotopic (exact) mass is 398 g/mol. The number of carboxylic acids is 1. The van der Waals surface area contributed by atoms with Gasteiger partial charge < -0.3 is 15.2 Å². The molecule has 1 fully saturated rings. The van der Waals surface area contributed by atoms with Gasteiger partial charge in [-0.2, -0.15) is 0 Å². The van der Waals surface area contributed by atoms with Crippen LogP contribution >= 0.6 is 23.5 Å². The highest BCUT2D eigenvalue weighted by Gasteiger charge is 2.54. The number of fused-ring (bicyclic) bond motifs is 1. The molecule has 3 heterocycles. The molecule has 3 aliphatic heterocycles. The number of hydrogen-bond donors (Lipinski definition) is 2. The second-order valence-electron chi connectivity index (χ2n) is 6.06. The van der Waals surface area contributed by atoms with Gasteiger partial charge in [-0.25, -0.2) is 4.79 Å². The molecule has 0 aromatic carbocycles. The lowest BCUT2D eigenvalue weighted by atomic mass is 10.0. The van der Waals surface area contributed by atoms with Crippen molar-refractivity contribution in [1.29, 1.82) is 0 Å². The van der Waals surface area contributed by atoms with E-state index >= 15 is 0 Å². The summed E-state index contributed by atoms with van der Waals surface area (Å²) in [6.45, 7) is 1.07. The molecule has 140 valence electrons. The number of allylic oxidation sites excluding steroid dienone is 1. The molecule has 2 N–H and O–H groups in total. The standard InChI is InChI=1S/C16H18N2O6S2/c1-8(19)24-6-9-7-26-15-12(14(21)18(15)13(9)16(22)23)17-11(20)5-10-3-2-4-25-10/h2,4,10,12,15H,3,5-7H2,1H3,(H,17,20)(H,22,23)/t10?,12-,15-/m1/s1. The highest BCUT2D eigenvalue weighted by atomic mass is 32.2. The van der Waals surface area contributed by atoms with Crippen LogP contribution in [0.3, 0.4) is 0 Å². The first-order valence-corrected chi connectivity index (χ1v) is 10.0. The molecule has 1 unspecified atom stereocenters. The zero-order chi connectivity index (χ0) is 18.8. The molecule has 26 heavy (non-hydrogen) atoms. The summed E-state index contributed by atoms with van der Waals surface area (Å²) in [5.74, 6) is -2.11. The maximum absolute atomic E-state index is 12.4. The average molecular weight is 398 g/mol. The number of hydrogen-bond acceptors (Lipinski definition) is 7. The van der Waals surface area contributed by atoms with Crippen molar-refractivity contribution < 1.29 is 29.0 Å². The van der Waals surface area contributed by atoms with Crippen LogP contribution in [0.25, 0.3) is 0 Å². The molecular weight excluding hydrogens is 380 g/mol. The van der Waals surface area contributed by atoms with Gasteiger partial charge in [-0.05, 0) is 11.8 Å². The Kier molecular flexibility index (Phi) is 5.61. The van der Waals surface area contributed by atoms with E-state index in [0.29, 0.717) is 17.7 Å². The molecule has 3 atom stereocenters. The Hall–Kier alpha value is -1.94. The third kappa shape index (κ3) is 3.75. The number of β-lactam (4-membered cyclic amide) rings is 1. The Morgan fingerprint density at radius 2 is 2.19 bits per heavy atom. The van der Waals surface area contributed by atoms with Gasteiger partial charge in [0, 0.05) is 29.9 Å². The minimum Gasteiger partial charge on any atom is -0.477 e. The number of carboxylic acid groups (broad SMARTS) is 1. The average Bonchev–Trinajstić information content (AvgIpc) is 3.09. The van der Waals surface area contributed by atoms with Gasteiger partial charge in [0.1, 0.15) is 23.7 Å². The predicted molar refractivity (Wildman–Crippen MR) is 96.1 cm³/mol. The minimum atomic E-state index is -1.25. The van der Waals surface area contributed by atoms with Crippen LogP contribution in [0.4, 0.5) is 0 Å². The van der Waals surface area contributed by atoms with Crippen molar-refractivity contribution in [2.75, 3.05) is 12.4 Å². The summed E-state index contributed by atoms with van der Waals surface area (Å²) in [7, 11) is 0. The van der Waals surface area contributed by atoms with Crippen molar-refractivity contribution in [3.8, 4) is 0 Å². The second-order valence-corrected chi connectivity index (χ2v) is 8.38. The zero-order valence-electron chi connectivity index (χ0n) is 14.0. The van der Waals surface area contributed by atoms with E-state index in [9.17, 15) is 24.3 Å². The van der Waals surface area contributed by atoms with E-state index in [1.807, 2.05) is 11.5 Å². The van der Waals surface area contributed by atoms with E-state index in [1.54, 1.807) is 11.8 Å². The highest BCUT2D eigenvalue weighted by molar-refractivity contribution is 8.03. The van der Waals surface area contributed by atoms with E-state index < -0.39 is 29.3 Å². The van der Waals surface area contributed by atoms with Gasteiger partial charge in [0.05, 0.1) is 0 Å². The molecule has 0 aromatic rings. The lowest BCUT2D eigenvalue weighted by Gasteiger charge is -2.49. The minimum absolute atomic E-state index is 0.152. The zero-order valence-corrected chi connectivity index (χ0v) is 15.6. The molecule has 2 amide bonds. The van der Waals surface area contributed by atoms with E-state index in [4.69, 9.17) is 4.74 Å². The number of aliphatic carboxylic acids is 1. The first-order chi connectivity index (χ1) is 12.4. The van der Waals surface area contributed by atoms with Crippen molar-refractivity contribution >= 4 is 47.3 Å². The van der Waals surface area contributed by atoms with Gasteiger partial charge in [0.15, 0.2) is 0 Å². The van der Waals surface area contributed by atoms with Crippen LogP contribution in [-0.4, -0.2) is 62.8 Å². The summed E-state index contributed by atoms with van der Waals surface area (Å²) in [5.41, 5.74) is 0.224. The van der Waals surface area contributed by atoms with Crippen molar-refractivity contribution in [3.63, 3.8) is 0 Å². The molecule has 0 bridgehead atoms. The van der Waals surface area contributed by atoms with Gasteiger partial charge in [-0.15, -0.1) is 23.5 Å². The fraction of sp³-hybridized carbons (Fsp3) is 0.500. The Balaban J connectivity index is 1.65. The van der Waals surface area contributed by atoms with Crippen molar-refractivity contribution in [1.82, 2.24) is 10.2 Å². The Labute approximate surface area is 158 Å². The molecular formula is C16H18N2O6S2. The fourth-order valence-electron chi connectivity index (χ4n) is 2.98. The van der Waals surface area contributed by atoms with Crippen molar-refractivity contribution in [2.45, 2.75) is 36.4 Å². The summed E-state index contributed by atoms with van der Waals surface area (Å²) in [6, 6.07) is -0.725. The molecule has 8 nitrogen and oxygen atoms in total. The number of carbonyl (C=O) groups excluding carboxylic acids is 3. The molecule has 0 aromatic heterocycles. The van der Waals surface area contributed by atoms with Crippen LogP contribution in [0.15, 0.2) is 22.8 Å². The van der Waals surface area contributed by atoms with Crippen LogP contribution in [0.1, 0.15) is 19.8 Å². The number of esters is 1. The van der Waals surface area contributed by atoms with E-state index in [-0.39, 0.29) is 23.5 Å². The van der Waals surface area contributed by atoms with Gasteiger partial charge in [0.2, 0.25) is 5.91 Å². The van der Waals surface area contributed by atoms with Crippen molar-refractivity contribution in [3.05, 3.63) is 22.8 Å². The van der Waals surface area contributed by atoms with E-state index in [2.05, 4.69) is 5.32 Å². The molecule has 0 spiro atoms. The molecule has 3 aliphatic rings. The molecule has 1 saturated heterocycles. The maximum Gasteiger partial charge on any atom is 0.352 e.